The molecule has 0 atom stereocenters. The van der Waals surface area contributed by atoms with E-state index in [0.717, 1.165) is 11.3 Å². The highest BCUT2D eigenvalue weighted by Crippen LogP contribution is 2.11. The lowest BCUT2D eigenvalue weighted by molar-refractivity contribution is 0.298. The predicted octanol–water partition coefficient (Wildman–Crippen LogP) is 1.13. The molecule has 1 aromatic carbocycles. The van der Waals surface area contributed by atoms with Crippen molar-refractivity contribution < 1.29 is 5.11 Å². The van der Waals surface area contributed by atoms with E-state index in [1.54, 1.807) is 13.1 Å². The summed E-state index contributed by atoms with van der Waals surface area (Å²) < 4.78 is 0. The van der Waals surface area contributed by atoms with Gasteiger partial charge >= 0.3 is 0 Å². The second-order valence-corrected chi connectivity index (χ2v) is 5.31. The molecule has 0 aliphatic carbocycles. The average molecular weight is 315 g/mol. The van der Waals surface area contributed by atoms with Gasteiger partial charge in [0, 0.05) is 38.4 Å². The third-order valence-electron chi connectivity index (χ3n) is 3.38. The van der Waals surface area contributed by atoms with E-state index in [4.69, 9.17) is 5.11 Å². The Morgan fingerprint density at radius 2 is 2.04 bits per heavy atom. The third kappa shape index (κ3) is 4.40. The number of nitrogens with zero attached hydrogens (tertiary/aromatic N) is 3. The molecule has 0 aliphatic heterocycles. The summed E-state index contributed by atoms with van der Waals surface area (Å²) in [5, 5.41) is 13.0. The molecule has 0 saturated heterocycles. The first-order valence-electron chi connectivity index (χ1n) is 7.28. The maximum Gasteiger partial charge on any atom is 0.255 e. The molecule has 2 rings (SSSR count). The number of nitrogens with one attached hydrogen (secondary N) is 2. The standard InChI is InChI=1S/C16H21N5O2/c1-11-14(8-9-22)15(23)19-16(18-11)20-17-10-12-4-6-13(7-5-12)21(2)3/h4-7,10,22H,8-9H2,1-3H3,(H2,18,19,20,23)/b17-10-. The van der Waals surface area contributed by atoms with Crippen molar-refractivity contribution in [3.63, 3.8) is 0 Å². The van der Waals surface area contributed by atoms with Crippen LogP contribution >= 0.6 is 0 Å². The van der Waals surface area contributed by atoms with Crippen LogP contribution in [0.1, 0.15) is 16.8 Å². The normalized spacial score (nSPS) is 11.0. The van der Waals surface area contributed by atoms with Gasteiger partial charge in [-0.1, -0.05) is 12.1 Å². The first-order valence-corrected chi connectivity index (χ1v) is 7.28. The highest BCUT2D eigenvalue weighted by atomic mass is 16.3. The van der Waals surface area contributed by atoms with Gasteiger partial charge in [-0.3, -0.25) is 9.78 Å². The number of H-pyrrole nitrogens is 1. The number of hydrogen-bond donors (Lipinski definition) is 3. The van der Waals surface area contributed by atoms with Crippen molar-refractivity contribution in [2.24, 2.45) is 5.10 Å². The summed E-state index contributed by atoms with van der Waals surface area (Å²) in [6.45, 7) is 1.65. The molecular formula is C16H21N5O2. The summed E-state index contributed by atoms with van der Waals surface area (Å²) in [6, 6.07) is 7.89. The van der Waals surface area contributed by atoms with Gasteiger partial charge in [0.05, 0.1) is 11.9 Å². The topological polar surface area (TPSA) is 93.6 Å². The number of aliphatic hydroxyl groups excluding tert-OH is 1. The van der Waals surface area contributed by atoms with Crippen LogP contribution < -0.4 is 15.9 Å². The molecule has 0 bridgehead atoms. The van der Waals surface area contributed by atoms with E-state index in [0.29, 0.717) is 11.3 Å². The first kappa shape index (κ1) is 16.7. The van der Waals surface area contributed by atoms with E-state index in [1.807, 2.05) is 43.3 Å². The average Bonchev–Trinajstić information content (AvgIpc) is 2.51. The molecule has 0 saturated carbocycles. The quantitative estimate of drug-likeness (QED) is 0.549. The largest absolute Gasteiger partial charge is 0.396 e. The van der Waals surface area contributed by atoms with Crippen LogP contribution in [-0.2, 0) is 6.42 Å². The smallest absolute Gasteiger partial charge is 0.255 e. The minimum Gasteiger partial charge on any atom is -0.396 e. The maximum atomic E-state index is 11.9. The second kappa shape index (κ2) is 7.55. The fourth-order valence-electron chi connectivity index (χ4n) is 2.10. The van der Waals surface area contributed by atoms with Crippen molar-refractivity contribution in [2.45, 2.75) is 13.3 Å². The Kier molecular flexibility index (Phi) is 5.48. The molecule has 2 aromatic rings. The number of hydrazone groups is 1. The molecule has 0 unspecified atom stereocenters. The molecule has 0 aliphatic rings. The number of anilines is 2. The molecule has 0 amide bonds. The molecule has 1 aromatic heterocycles. The Balaban J connectivity index is 2.07. The fraction of sp³-hybridized carbons (Fsp3) is 0.312. The van der Waals surface area contributed by atoms with Crippen LogP contribution in [0.4, 0.5) is 11.6 Å². The Bertz CT molecular complexity index is 735. The summed E-state index contributed by atoms with van der Waals surface area (Å²) in [5.41, 5.74) is 5.55. The number of aliphatic hydroxyl groups is 1. The van der Waals surface area contributed by atoms with Crippen molar-refractivity contribution in [3.8, 4) is 0 Å². The van der Waals surface area contributed by atoms with Crippen molar-refractivity contribution in [3.05, 3.63) is 51.4 Å². The predicted molar refractivity (Wildman–Crippen MR) is 92.4 cm³/mol. The molecule has 0 fully saturated rings. The first-order chi connectivity index (χ1) is 11.0. The Morgan fingerprint density at radius 1 is 1.35 bits per heavy atom. The van der Waals surface area contributed by atoms with E-state index >= 15 is 0 Å². The number of aromatic nitrogens is 2. The van der Waals surface area contributed by atoms with Crippen LogP contribution in [0.15, 0.2) is 34.2 Å². The zero-order valence-electron chi connectivity index (χ0n) is 13.5. The number of benzene rings is 1. The number of aryl methyl sites for hydroxylation is 1. The highest BCUT2D eigenvalue weighted by Gasteiger charge is 2.06. The van der Waals surface area contributed by atoms with Crippen molar-refractivity contribution >= 4 is 17.9 Å². The summed E-state index contributed by atoms with van der Waals surface area (Å²) in [7, 11) is 3.96. The molecule has 7 nitrogen and oxygen atoms in total. The highest BCUT2D eigenvalue weighted by molar-refractivity contribution is 5.80. The van der Waals surface area contributed by atoms with Crippen LogP contribution in [-0.4, -0.2) is 42.0 Å². The van der Waals surface area contributed by atoms with E-state index in [1.165, 1.54) is 0 Å². The van der Waals surface area contributed by atoms with Gasteiger partial charge in [0.15, 0.2) is 0 Å². The molecule has 0 spiro atoms. The van der Waals surface area contributed by atoms with Crippen molar-refractivity contribution in [2.75, 3.05) is 31.0 Å². The minimum absolute atomic E-state index is 0.0839. The van der Waals surface area contributed by atoms with Crippen LogP contribution in [0.25, 0.3) is 0 Å². The van der Waals surface area contributed by atoms with Gasteiger partial charge < -0.3 is 10.0 Å². The third-order valence-corrected chi connectivity index (χ3v) is 3.38. The van der Waals surface area contributed by atoms with Crippen LogP contribution in [0.2, 0.25) is 0 Å². The molecule has 3 N–H and O–H groups in total. The number of rotatable bonds is 6. The molecule has 0 radical (unpaired) electrons. The van der Waals surface area contributed by atoms with Gasteiger partial charge in [0.25, 0.3) is 5.56 Å². The SMILES string of the molecule is Cc1nc(N/N=C\c2ccc(N(C)C)cc2)[nH]c(=O)c1CCO. The van der Waals surface area contributed by atoms with Crippen LogP contribution in [0, 0.1) is 6.92 Å². The Labute approximate surface area is 134 Å². The van der Waals surface area contributed by atoms with Gasteiger partial charge in [-0.05, 0) is 24.6 Å². The summed E-state index contributed by atoms with van der Waals surface area (Å²) in [5.74, 6) is 0.273. The van der Waals surface area contributed by atoms with E-state index in [9.17, 15) is 4.79 Å². The van der Waals surface area contributed by atoms with E-state index in [-0.39, 0.29) is 24.5 Å². The van der Waals surface area contributed by atoms with Gasteiger partial charge in [-0.2, -0.15) is 5.10 Å². The monoisotopic (exact) mass is 315 g/mol. The lowest BCUT2D eigenvalue weighted by atomic mass is 10.2. The lowest BCUT2D eigenvalue weighted by Crippen LogP contribution is -2.19. The van der Waals surface area contributed by atoms with Crippen molar-refractivity contribution in [1.29, 1.82) is 0 Å². The zero-order chi connectivity index (χ0) is 16.8. The number of hydrogen-bond acceptors (Lipinski definition) is 6. The summed E-state index contributed by atoms with van der Waals surface area (Å²) in [6.07, 6.45) is 1.94. The summed E-state index contributed by atoms with van der Waals surface area (Å²) >= 11 is 0. The molecule has 23 heavy (non-hydrogen) atoms. The maximum absolute atomic E-state index is 11.9. The van der Waals surface area contributed by atoms with Gasteiger partial charge in [0.1, 0.15) is 0 Å². The van der Waals surface area contributed by atoms with E-state index < -0.39 is 0 Å². The van der Waals surface area contributed by atoms with Gasteiger partial charge in [-0.15, -0.1) is 0 Å². The summed E-state index contributed by atoms with van der Waals surface area (Å²) in [4.78, 5) is 20.7. The molecule has 7 heteroatoms. The molecule has 1 heterocycles. The molecular weight excluding hydrogens is 294 g/mol. The molecule has 122 valence electrons. The van der Waals surface area contributed by atoms with Gasteiger partial charge in [0.2, 0.25) is 5.95 Å². The minimum atomic E-state index is -0.264. The van der Waals surface area contributed by atoms with Crippen LogP contribution in [0.5, 0.6) is 0 Å². The fourth-order valence-corrected chi connectivity index (χ4v) is 2.10. The van der Waals surface area contributed by atoms with Gasteiger partial charge in [-0.25, -0.2) is 10.4 Å². The number of aromatic amines is 1. The Morgan fingerprint density at radius 3 is 2.61 bits per heavy atom. The van der Waals surface area contributed by atoms with E-state index in [2.05, 4.69) is 20.5 Å². The van der Waals surface area contributed by atoms with Crippen molar-refractivity contribution in [1.82, 2.24) is 9.97 Å². The second-order valence-electron chi connectivity index (χ2n) is 5.31. The van der Waals surface area contributed by atoms with Crippen LogP contribution in [0.3, 0.4) is 0 Å². The lowest BCUT2D eigenvalue weighted by Gasteiger charge is -2.11. The Hall–Kier alpha value is -2.67. The zero-order valence-corrected chi connectivity index (χ0v) is 13.5.